The van der Waals surface area contributed by atoms with Crippen molar-refractivity contribution < 1.29 is 9.53 Å². The van der Waals surface area contributed by atoms with Crippen molar-refractivity contribution in [2.45, 2.75) is 44.8 Å². The third-order valence-corrected chi connectivity index (χ3v) is 7.26. The molecule has 7 nitrogen and oxygen atoms in total. The number of hydrogen-bond acceptors (Lipinski definition) is 7. The third kappa shape index (κ3) is 5.61. The van der Waals surface area contributed by atoms with Crippen molar-refractivity contribution in [1.29, 1.82) is 0 Å². The summed E-state index contributed by atoms with van der Waals surface area (Å²) in [6.45, 7) is 3.22. The fraction of sp³-hybridized carbons (Fsp3) is 0.308. The molecule has 1 fully saturated rings. The molecule has 35 heavy (non-hydrogen) atoms. The van der Waals surface area contributed by atoms with E-state index in [9.17, 15) is 4.79 Å². The molecule has 0 saturated heterocycles. The van der Waals surface area contributed by atoms with Crippen LogP contribution in [0.3, 0.4) is 0 Å². The second-order valence-corrected chi connectivity index (χ2v) is 10.2. The van der Waals surface area contributed by atoms with Crippen LogP contribution >= 0.6 is 22.9 Å². The van der Waals surface area contributed by atoms with Crippen LogP contribution < -0.4 is 15.4 Å². The second-order valence-electron chi connectivity index (χ2n) is 8.53. The number of ether oxygens (including phenoxy) is 1. The standard InChI is InChI=1S/C26H26ClN5O2S/c1-2-34-24-10-7-16(13-29-24)23-12-21(20-5-3-4-6-22(20)32-23)25(33)31-18-9-8-17(11-18)28-14-19-15-30-26(27)35-19/h3-7,10,12-13,15,17-18,28H,2,8-9,11,14H2,1H3,(H,31,33)/t17-,18+/m0/s1. The number of carbonyl (C=O) groups is 1. The lowest BCUT2D eigenvalue weighted by molar-refractivity contribution is 0.0939. The smallest absolute Gasteiger partial charge is 0.252 e. The molecular formula is C26H26ClN5O2S. The Labute approximate surface area is 212 Å². The zero-order valence-electron chi connectivity index (χ0n) is 19.3. The van der Waals surface area contributed by atoms with Crippen LogP contribution in [-0.4, -0.2) is 39.5 Å². The number of benzene rings is 1. The summed E-state index contributed by atoms with van der Waals surface area (Å²) < 4.78 is 6.00. The number of aromatic nitrogens is 3. The fourth-order valence-electron chi connectivity index (χ4n) is 4.45. The third-order valence-electron chi connectivity index (χ3n) is 6.14. The summed E-state index contributed by atoms with van der Waals surface area (Å²) in [5.41, 5.74) is 2.94. The van der Waals surface area contributed by atoms with Crippen molar-refractivity contribution in [1.82, 2.24) is 25.6 Å². The molecule has 0 unspecified atom stereocenters. The van der Waals surface area contributed by atoms with E-state index in [0.29, 0.717) is 34.3 Å². The van der Waals surface area contributed by atoms with Crippen LogP contribution in [0.25, 0.3) is 22.2 Å². The summed E-state index contributed by atoms with van der Waals surface area (Å²) >= 11 is 7.41. The van der Waals surface area contributed by atoms with Gasteiger partial charge in [-0.3, -0.25) is 4.79 Å². The van der Waals surface area contributed by atoms with Crippen LogP contribution in [0.4, 0.5) is 0 Å². The van der Waals surface area contributed by atoms with Gasteiger partial charge in [0.25, 0.3) is 5.91 Å². The Hall–Kier alpha value is -3.07. The van der Waals surface area contributed by atoms with E-state index in [2.05, 4.69) is 20.6 Å². The van der Waals surface area contributed by atoms with Crippen LogP contribution in [0.15, 0.2) is 54.9 Å². The average Bonchev–Trinajstić information content (AvgIpc) is 3.51. The van der Waals surface area contributed by atoms with Gasteiger partial charge in [-0.1, -0.05) is 29.8 Å². The minimum absolute atomic E-state index is 0.0800. The molecule has 5 rings (SSSR count). The van der Waals surface area contributed by atoms with Crippen LogP contribution in [-0.2, 0) is 6.54 Å². The molecule has 3 heterocycles. The number of halogens is 1. The predicted molar refractivity (Wildman–Crippen MR) is 139 cm³/mol. The molecule has 1 saturated carbocycles. The summed E-state index contributed by atoms with van der Waals surface area (Å²) in [5, 5.41) is 7.65. The molecule has 1 aromatic carbocycles. The highest BCUT2D eigenvalue weighted by Gasteiger charge is 2.27. The molecule has 3 aromatic heterocycles. The van der Waals surface area contributed by atoms with E-state index < -0.39 is 0 Å². The summed E-state index contributed by atoms with van der Waals surface area (Å²) in [4.78, 5) is 27.7. The number of amides is 1. The minimum Gasteiger partial charge on any atom is -0.478 e. The lowest BCUT2D eigenvalue weighted by Gasteiger charge is -2.16. The summed E-state index contributed by atoms with van der Waals surface area (Å²) in [7, 11) is 0. The van der Waals surface area contributed by atoms with Crippen LogP contribution in [0.1, 0.15) is 41.4 Å². The number of carbonyl (C=O) groups excluding carboxylic acids is 1. The molecule has 1 aliphatic rings. The van der Waals surface area contributed by atoms with Gasteiger partial charge in [0.2, 0.25) is 5.88 Å². The zero-order chi connectivity index (χ0) is 24.2. The van der Waals surface area contributed by atoms with E-state index >= 15 is 0 Å². The maximum absolute atomic E-state index is 13.4. The van der Waals surface area contributed by atoms with E-state index in [0.717, 1.165) is 47.2 Å². The van der Waals surface area contributed by atoms with Gasteiger partial charge in [-0.05, 0) is 44.4 Å². The first-order valence-corrected chi connectivity index (χ1v) is 12.9. The molecule has 9 heteroatoms. The van der Waals surface area contributed by atoms with Gasteiger partial charge in [-0.2, -0.15) is 0 Å². The Bertz CT molecular complexity index is 1330. The van der Waals surface area contributed by atoms with Crippen molar-refractivity contribution in [3.63, 3.8) is 0 Å². The predicted octanol–water partition coefficient (Wildman–Crippen LogP) is 5.25. The topological polar surface area (TPSA) is 89.0 Å². The molecule has 0 spiro atoms. The zero-order valence-corrected chi connectivity index (χ0v) is 20.9. The maximum Gasteiger partial charge on any atom is 0.252 e. The number of rotatable bonds is 8. The van der Waals surface area contributed by atoms with Gasteiger partial charge in [0, 0.05) is 52.9 Å². The Morgan fingerprint density at radius 3 is 2.77 bits per heavy atom. The fourth-order valence-corrected chi connectivity index (χ4v) is 5.38. The van der Waals surface area contributed by atoms with E-state index in [1.165, 1.54) is 11.3 Å². The van der Waals surface area contributed by atoms with E-state index in [-0.39, 0.29) is 11.9 Å². The molecule has 0 radical (unpaired) electrons. The average molecular weight is 508 g/mol. The molecule has 1 aliphatic carbocycles. The number of nitrogens with zero attached hydrogens (tertiary/aromatic N) is 3. The largest absolute Gasteiger partial charge is 0.478 e. The lowest BCUT2D eigenvalue weighted by Crippen LogP contribution is -2.35. The Kier molecular flexibility index (Phi) is 7.22. The molecule has 2 atom stereocenters. The molecule has 0 bridgehead atoms. The molecule has 180 valence electrons. The Morgan fingerprint density at radius 1 is 1.14 bits per heavy atom. The SMILES string of the molecule is CCOc1ccc(-c2cc(C(=O)N[C@@H]3CC[C@H](NCc4cnc(Cl)s4)C3)c3ccccc3n2)cn1. The van der Waals surface area contributed by atoms with Crippen molar-refractivity contribution in [3.8, 4) is 17.1 Å². The molecule has 0 aliphatic heterocycles. The van der Waals surface area contributed by atoms with Gasteiger partial charge in [0.05, 0.1) is 23.4 Å². The first-order valence-electron chi connectivity index (χ1n) is 11.7. The van der Waals surface area contributed by atoms with Gasteiger partial charge in [0.15, 0.2) is 4.47 Å². The van der Waals surface area contributed by atoms with Gasteiger partial charge < -0.3 is 15.4 Å². The second kappa shape index (κ2) is 10.7. The number of pyridine rings is 2. The highest BCUT2D eigenvalue weighted by molar-refractivity contribution is 7.15. The van der Waals surface area contributed by atoms with Crippen molar-refractivity contribution in [2.75, 3.05) is 6.61 Å². The minimum atomic E-state index is -0.0800. The number of fused-ring (bicyclic) bond motifs is 1. The first-order chi connectivity index (χ1) is 17.1. The first kappa shape index (κ1) is 23.7. The van der Waals surface area contributed by atoms with E-state index in [1.54, 1.807) is 12.4 Å². The molecular weight excluding hydrogens is 482 g/mol. The Morgan fingerprint density at radius 2 is 2.00 bits per heavy atom. The number of para-hydroxylation sites is 1. The summed E-state index contributed by atoms with van der Waals surface area (Å²) in [6.07, 6.45) is 6.37. The highest BCUT2D eigenvalue weighted by atomic mass is 35.5. The number of thiazole rings is 1. The van der Waals surface area contributed by atoms with Gasteiger partial charge in [-0.25, -0.2) is 15.0 Å². The van der Waals surface area contributed by atoms with Crippen molar-refractivity contribution in [2.24, 2.45) is 0 Å². The summed E-state index contributed by atoms with van der Waals surface area (Å²) in [6, 6.07) is 13.8. The quantitative estimate of drug-likeness (QED) is 0.339. The van der Waals surface area contributed by atoms with Gasteiger partial charge in [0.1, 0.15) is 0 Å². The Balaban J connectivity index is 1.30. The highest BCUT2D eigenvalue weighted by Crippen LogP contribution is 2.27. The van der Waals surface area contributed by atoms with Crippen molar-refractivity contribution >= 4 is 39.7 Å². The number of hydrogen-bond donors (Lipinski definition) is 2. The van der Waals surface area contributed by atoms with Crippen LogP contribution in [0.2, 0.25) is 4.47 Å². The molecule has 1 amide bonds. The van der Waals surface area contributed by atoms with Gasteiger partial charge >= 0.3 is 0 Å². The van der Waals surface area contributed by atoms with Crippen LogP contribution in [0, 0.1) is 0 Å². The van der Waals surface area contributed by atoms with E-state index in [4.69, 9.17) is 21.3 Å². The number of nitrogens with one attached hydrogen (secondary N) is 2. The summed E-state index contributed by atoms with van der Waals surface area (Å²) in [5.74, 6) is 0.487. The lowest BCUT2D eigenvalue weighted by atomic mass is 10.0. The molecule has 4 aromatic rings. The monoisotopic (exact) mass is 507 g/mol. The molecule has 2 N–H and O–H groups in total. The van der Waals surface area contributed by atoms with Gasteiger partial charge in [-0.15, -0.1) is 11.3 Å². The van der Waals surface area contributed by atoms with Crippen molar-refractivity contribution in [3.05, 3.63) is 69.8 Å². The van der Waals surface area contributed by atoms with Crippen LogP contribution in [0.5, 0.6) is 5.88 Å². The normalized spacial score (nSPS) is 17.5. The van der Waals surface area contributed by atoms with E-state index in [1.807, 2.05) is 49.4 Å². The maximum atomic E-state index is 13.4.